The van der Waals surface area contributed by atoms with Crippen molar-refractivity contribution in [3.8, 4) is 5.75 Å². The van der Waals surface area contributed by atoms with Gasteiger partial charge in [-0.05, 0) is 37.0 Å². The molecule has 104 valence electrons. The molecule has 1 heterocycles. The maximum absolute atomic E-state index is 12.3. The number of benzene rings is 1. The molecule has 0 aromatic heterocycles. The number of ether oxygens (including phenoxy) is 1. The van der Waals surface area contributed by atoms with Gasteiger partial charge in [-0.2, -0.15) is 0 Å². The van der Waals surface area contributed by atoms with Crippen molar-refractivity contribution in [1.82, 2.24) is 4.90 Å². The molecule has 1 aromatic rings. The number of nitrogens with two attached hydrogens (primary N) is 1. The van der Waals surface area contributed by atoms with Crippen LogP contribution < -0.4 is 10.5 Å². The van der Waals surface area contributed by atoms with Crippen LogP contribution in [0.3, 0.4) is 0 Å². The molecule has 4 nitrogen and oxygen atoms in total. The van der Waals surface area contributed by atoms with E-state index in [-0.39, 0.29) is 18.0 Å². The van der Waals surface area contributed by atoms with Crippen LogP contribution in [0.1, 0.15) is 37.8 Å². The van der Waals surface area contributed by atoms with Gasteiger partial charge in [-0.15, -0.1) is 0 Å². The molecule has 4 heteroatoms. The van der Waals surface area contributed by atoms with Crippen LogP contribution in [-0.4, -0.2) is 30.5 Å². The van der Waals surface area contributed by atoms with Crippen LogP contribution in [-0.2, 0) is 4.79 Å². The molecule has 0 radical (unpaired) electrons. The predicted molar refractivity (Wildman–Crippen MR) is 74.9 cm³/mol. The number of hydrogen-bond acceptors (Lipinski definition) is 3. The Morgan fingerprint density at radius 2 is 2.16 bits per heavy atom. The third kappa shape index (κ3) is 2.89. The van der Waals surface area contributed by atoms with Gasteiger partial charge in [-0.1, -0.05) is 19.1 Å². The van der Waals surface area contributed by atoms with E-state index in [2.05, 4.69) is 0 Å². The number of methoxy groups -OCH3 is 1. The molecule has 0 aliphatic carbocycles. The highest BCUT2D eigenvalue weighted by Gasteiger charge is 2.31. The summed E-state index contributed by atoms with van der Waals surface area (Å²) in [5.41, 5.74) is 7.03. The van der Waals surface area contributed by atoms with Gasteiger partial charge in [0, 0.05) is 6.54 Å². The van der Waals surface area contributed by atoms with Crippen molar-refractivity contribution in [2.75, 3.05) is 13.7 Å². The van der Waals surface area contributed by atoms with Crippen molar-refractivity contribution in [3.63, 3.8) is 0 Å². The SMILES string of the molecule is CC[C@H](N)C(=O)N1CCCC1c1ccc(OC)cc1. The van der Waals surface area contributed by atoms with Crippen molar-refractivity contribution in [3.05, 3.63) is 29.8 Å². The summed E-state index contributed by atoms with van der Waals surface area (Å²) in [6.07, 6.45) is 2.73. The van der Waals surface area contributed by atoms with Crippen molar-refractivity contribution in [2.24, 2.45) is 5.73 Å². The van der Waals surface area contributed by atoms with Gasteiger partial charge >= 0.3 is 0 Å². The van der Waals surface area contributed by atoms with Crippen LogP contribution >= 0.6 is 0 Å². The van der Waals surface area contributed by atoms with E-state index in [1.165, 1.54) is 0 Å². The molecule has 0 bridgehead atoms. The van der Waals surface area contributed by atoms with Gasteiger partial charge in [0.05, 0.1) is 19.2 Å². The van der Waals surface area contributed by atoms with E-state index in [1.807, 2.05) is 36.1 Å². The van der Waals surface area contributed by atoms with Gasteiger partial charge in [-0.25, -0.2) is 0 Å². The monoisotopic (exact) mass is 262 g/mol. The van der Waals surface area contributed by atoms with Gasteiger partial charge in [0.1, 0.15) is 5.75 Å². The summed E-state index contributed by atoms with van der Waals surface area (Å²) in [4.78, 5) is 14.2. The molecule has 1 saturated heterocycles. The molecule has 1 fully saturated rings. The highest BCUT2D eigenvalue weighted by Crippen LogP contribution is 2.33. The largest absolute Gasteiger partial charge is 0.497 e. The average molecular weight is 262 g/mol. The van der Waals surface area contributed by atoms with Crippen LogP contribution in [0.4, 0.5) is 0 Å². The average Bonchev–Trinajstić information content (AvgIpc) is 2.95. The fourth-order valence-corrected chi connectivity index (χ4v) is 2.59. The summed E-state index contributed by atoms with van der Waals surface area (Å²) < 4.78 is 5.16. The molecule has 19 heavy (non-hydrogen) atoms. The lowest BCUT2D eigenvalue weighted by Crippen LogP contribution is -2.42. The zero-order valence-electron chi connectivity index (χ0n) is 11.6. The molecule has 1 amide bonds. The third-order valence-electron chi connectivity index (χ3n) is 3.79. The van der Waals surface area contributed by atoms with Gasteiger partial charge in [0.2, 0.25) is 5.91 Å². The van der Waals surface area contributed by atoms with Crippen molar-refractivity contribution in [2.45, 2.75) is 38.3 Å². The standard InChI is InChI=1S/C15H22N2O2/c1-3-13(16)15(18)17-10-4-5-14(17)11-6-8-12(19-2)9-7-11/h6-9,13-14H,3-5,10,16H2,1-2H3/t13-,14?/m0/s1. The van der Waals surface area contributed by atoms with Gasteiger partial charge in [-0.3, -0.25) is 4.79 Å². The molecule has 1 aliphatic heterocycles. The Bertz CT molecular complexity index is 430. The highest BCUT2D eigenvalue weighted by atomic mass is 16.5. The van der Waals surface area contributed by atoms with E-state index in [4.69, 9.17) is 10.5 Å². The summed E-state index contributed by atoms with van der Waals surface area (Å²) in [5.74, 6) is 0.908. The molecule has 1 aliphatic rings. The second kappa shape index (κ2) is 6.06. The topological polar surface area (TPSA) is 55.6 Å². The van der Waals surface area contributed by atoms with E-state index in [0.717, 1.165) is 30.7 Å². The van der Waals surface area contributed by atoms with Crippen LogP contribution in [0.5, 0.6) is 5.75 Å². The van der Waals surface area contributed by atoms with Crippen molar-refractivity contribution in [1.29, 1.82) is 0 Å². The first-order valence-corrected chi connectivity index (χ1v) is 6.87. The fourth-order valence-electron chi connectivity index (χ4n) is 2.59. The second-order valence-electron chi connectivity index (χ2n) is 4.98. The van der Waals surface area contributed by atoms with Gasteiger partial charge in [0.25, 0.3) is 0 Å². The number of carbonyl (C=O) groups is 1. The number of carbonyl (C=O) groups excluding carboxylic acids is 1. The first kappa shape index (κ1) is 13.9. The Hall–Kier alpha value is -1.55. The highest BCUT2D eigenvalue weighted by molar-refractivity contribution is 5.82. The lowest BCUT2D eigenvalue weighted by Gasteiger charge is -2.27. The molecular weight excluding hydrogens is 240 g/mol. The Balaban J connectivity index is 2.15. The summed E-state index contributed by atoms with van der Waals surface area (Å²) >= 11 is 0. The summed E-state index contributed by atoms with van der Waals surface area (Å²) in [6, 6.07) is 7.74. The molecule has 0 spiro atoms. The number of amides is 1. The Morgan fingerprint density at radius 1 is 1.47 bits per heavy atom. The number of hydrogen-bond donors (Lipinski definition) is 1. The Labute approximate surface area is 114 Å². The van der Waals surface area contributed by atoms with Crippen molar-refractivity contribution < 1.29 is 9.53 Å². The minimum atomic E-state index is -0.376. The minimum absolute atomic E-state index is 0.0702. The maximum Gasteiger partial charge on any atom is 0.239 e. The summed E-state index contributed by atoms with van der Waals surface area (Å²) in [7, 11) is 1.65. The smallest absolute Gasteiger partial charge is 0.239 e. The lowest BCUT2D eigenvalue weighted by atomic mass is 10.0. The number of likely N-dealkylation sites (tertiary alicyclic amines) is 1. The normalized spacial score (nSPS) is 20.4. The first-order chi connectivity index (χ1) is 9.17. The van der Waals surface area contributed by atoms with E-state index in [0.29, 0.717) is 6.42 Å². The Morgan fingerprint density at radius 3 is 2.74 bits per heavy atom. The van der Waals surface area contributed by atoms with Crippen LogP contribution in [0, 0.1) is 0 Å². The quantitative estimate of drug-likeness (QED) is 0.904. The molecule has 1 aromatic carbocycles. The van der Waals surface area contributed by atoms with Gasteiger partial charge in [0.15, 0.2) is 0 Å². The molecule has 2 rings (SSSR count). The van der Waals surface area contributed by atoms with E-state index in [1.54, 1.807) is 7.11 Å². The summed E-state index contributed by atoms with van der Waals surface area (Å²) in [6.45, 7) is 2.75. The molecular formula is C15H22N2O2. The van der Waals surface area contributed by atoms with E-state index in [9.17, 15) is 4.79 Å². The molecule has 2 atom stereocenters. The first-order valence-electron chi connectivity index (χ1n) is 6.87. The van der Waals surface area contributed by atoms with Crippen LogP contribution in [0.15, 0.2) is 24.3 Å². The fraction of sp³-hybridized carbons (Fsp3) is 0.533. The Kier molecular flexibility index (Phi) is 4.43. The number of rotatable bonds is 4. The van der Waals surface area contributed by atoms with E-state index < -0.39 is 0 Å². The molecule has 2 N–H and O–H groups in total. The number of nitrogens with zero attached hydrogens (tertiary/aromatic N) is 1. The molecule has 0 saturated carbocycles. The minimum Gasteiger partial charge on any atom is -0.497 e. The van der Waals surface area contributed by atoms with E-state index >= 15 is 0 Å². The molecule has 1 unspecified atom stereocenters. The van der Waals surface area contributed by atoms with Gasteiger partial charge < -0.3 is 15.4 Å². The zero-order valence-corrected chi connectivity index (χ0v) is 11.6. The lowest BCUT2D eigenvalue weighted by molar-refractivity contribution is -0.133. The third-order valence-corrected chi connectivity index (χ3v) is 3.79. The van der Waals surface area contributed by atoms with Crippen LogP contribution in [0.2, 0.25) is 0 Å². The van der Waals surface area contributed by atoms with Crippen LogP contribution in [0.25, 0.3) is 0 Å². The van der Waals surface area contributed by atoms with Crippen molar-refractivity contribution >= 4 is 5.91 Å². The zero-order chi connectivity index (χ0) is 13.8. The second-order valence-corrected chi connectivity index (χ2v) is 4.98. The maximum atomic E-state index is 12.3. The predicted octanol–water partition coefficient (Wildman–Crippen LogP) is 2.10. The summed E-state index contributed by atoms with van der Waals surface area (Å²) in [5, 5.41) is 0.